The molecular formula is C20H38O6. The first-order valence-corrected chi connectivity index (χ1v) is 10.1. The molecule has 1 aliphatic rings. The van der Waals surface area contributed by atoms with Gasteiger partial charge in [0.2, 0.25) is 0 Å². The Labute approximate surface area is 158 Å². The van der Waals surface area contributed by atoms with Gasteiger partial charge >= 0.3 is 11.9 Å². The summed E-state index contributed by atoms with van der Waals surface area (Å²) in [6.07, 6.45) is 11.7. The molecule has 0 spiro atoms. The van der Waals surface area contributed by atoms with E-state index in [9.17, 15) is 9.59 Å². The summed E-state index contributed by atoms with van der Waals surface area (Å²) >= 11 is 0. The number of rotatable bonds is 1. The van der Waals surface area contributed by atoms with Gasteiger partial charge in [-0.2, -0.15) is 0 Å². The number of cyclic esters (lactones) is 2. The van der Waals surface area contributed by atoms with E-state index in [4.69, 9.17) is 19.7 Å². The second-order valence-electron chi connectivity index (χ2n) is 6.90. The van der Waals surface area contributed by atoms with Crippen molar-refractivity contribution in [2.45, 2.75) is 84.0 Å². The maximum absolute atomic E-state index is 11.6. The number of carbonyl (C=O) groups excluding carboxylic acids is 2. The van der Waals surface area contributed by atoms with Crippen LogP contribution in [0.4, 0.5) is 0 Å². The molecule has 154 valence electrons. The molecule has 1 rings (SSSR count). The normalized spacial score (nSPS) is 20.4. The predicted molar refractivity (Wildman–Crippen MR) is 101 cm³/mol. The van der Waals surface area contributed by atoms with Crippen molar-refractivity contribution in [3.8, 4) is 0 Å². The van der Waals surface area contributed by atoms with Crippen LogP contribution in [0.25, 0.3) is 0 Å². The number of aliphatic hydroxyl groups excluding tert-OH is 2. The molecule has 0 bridgehead atoms. The molecule has 0 aromatic carbocycles. The maximum atomic E-state index is 11.6. The van der Waals surface area contributed by atoms with Gasteiger partial charge < -0.3 is 19.7 Å². The third-order valence-corrected chi connectivity index (χ3v) is 4.36. The van der Waals surface area contributed by atoms with Gasteiger partial charge in [0.1, 0.15) is 0 Å². The van der Waals surface area contributed by atoms with E-state index in [1.165, 1.54) is 25.7 Å². The maximum Gasteiger partial charge on any atom is 0.305 e. The van der Waals surface area contributed by atoms with Gasteiger partial charge in [-0.1, -0.05) is 45.4 Å². The molecule has 2 N–H and O–H groups in total. The van der Waals surface area contributed by atoms with Crippen LogP contribution in [-0.2, 0) is 19.1 Å². The molecule has 1 heterocycles. The lowest BCUT2D eigenvalue weighted by Gasteiger charge is -2.12. The van der Waals surface area contributed by atoms with Crippen molar-refractivity contribution in [2.24, 2.45) is 5.92 Å². The fourth-order valence-electron chi connectivity index (χ4n) is 2.64. The second-order valence-corrected chi connectivity index (χ2v) is 6.90. The van der Waals surface area contributed by atoms with Crippen LogP contribution in [0.1, 0.15) is 84.0 Å². The van der Waals surface area contributed by atoms with Crippen LogP contribution in [0.15, 0.2) is 0 Å². The Kier molecular flexibility index (Phi) is 17.8. The zero-order valence-corrected chi connectivity index (χ0v) is 16.4. The monoisotopic (exact) mass is 374 g/mol. The number of hydrogen-bond donors (Lipinski definition) is 2. The lowest BCUT2D eigenvalue weighted by Crippen LogP contribution is -2.11. The van der Waals surface area contributed by atoms with Crippen molar-refractivity contribution in [1.82, 2.24) is 0 Å². The molecule has 1 aliphatic heterocycles. The molecule has 0 amide bonds. The summed E-state index contributed by atoms with van der Waals surface area (Å²) in [5.41, 5.74) is 0. The van der Waals surface area contributed by atoms with Crippen molar-refractivity contribution in [2.75, 3.05) is 26.4 Å². The molecule has 6 heteroatoms. The van der Waals surface area contributed by atoms with E-state index in [1.54, 1.807) is 0 Å². The van der Waals surface area contributed by atoms with Gasteiger partial charge in [-0.25, -0.2) is 0 Å². The van der Waals surface area contributed by atoms with E-state index in [0.717, 1.165) is 38.5 Å². The Balaban J connectivity index is 0.00000141. The van der Waals surface area contributed by atoms with E-state index < -0.39 is 0 Å². The fourth-order valence-corrected chi connectivity index (χ4v) is 2.64. The molecule has 0 aromatic rings. The van der Waals surface area contributed by atoms with Gasteiger partial charge in [0, 0.05) is 12.8 Å². The smallest absolute Gasteiger partial charge is 0.305 e. The Morgan fingerprint density at radius 1 is 0.731 bits per heavy atom. The van der Waals surface area contributed by atoms with Gasteiger partial charge in [-0.3, -0.25) is 9.59 Å². The lowest BCUT2D eigenvalue weighted by molar-refractivity contribution is -0.144. The SMILES string of the molecule is CC1CCOC(=O)CCCCCCCCCCC(=O)OCC1.OCCO. The van der Waals surface area contributed by atoms with E-state index in [2.05, 4.69) is 6.92 Å². The second kappa shape index (κ2) is 18.6. The lowest BCUT2D eigenvalue weighted by atomic mass is 10.1. The van der Waals surface area contributed by atoms with Crippen LogP contribution >= 0.6 is 0 Å². The minimum Gasteiger partial charge on any atom is -0.466 e. The van der Waals surface area contributed by atoms with E-state index in [0.29, 0.717) is 32.0 Å². The van der Waals surface area contributed by atoms with Gasteiger partial charge in [-0.15, -0.1) is 0 Å². The topological polar surface area (TPSA) is 93.1 Å². The van der Waals surface area contributed by atoms with Crippen LogP contribution in [-0.4, -0.2) is 48.6 Å². The molecule has 6 nitrogen and oxygen atoms in total. The molecule has 1 saturated heterocycles. The Bertz CT molecular complexity index is 313. The standard InChI is InChI=1S/C18H32O4.C2H6O2/c1-16-12-14-21-17(19)10-8-6-4-2-3-5-7-9-11-18(20)22-15-13-16;3-1-2-4/h16H,2-15H2,1H3;3-4H,1-2H2. The van der Waals surface area contributed by atoms with Gasteiger partial charge in [-0.05, 0) is 31.6 Å². The first-order chi connectivity index (χ1) is 12.6. The number of ether oxygens (including phenoxy) is 2. The first-order valence-electron chi connectivity index (χ1n) is 10.1. The Morgan fingerprint density at radius 3 is 1.42 bits per heavy atom. The first kappa shape index (κ1) is 24.9. The molecule has 26 heavy (non-hydrogen) atoms. The summed E-state index contributed by atoms with van der Waals surface area (Å²) in [5.74, 6) is 0.260. The van der Waals surface area contributed by atoms with Crippen molar-refractivity contribution in [3.05, 3.63) is 0 Å². The zero-order valence-electron chi connectivity index (χ0n) is 16.4. The quantitative estimate of drug-likeness (QED) is 0.684. The number of aliphatic hydroxyl groups is 2. The van der Waals surface area contributed by atoms with E-state index in [-0.39, 0.29) is 25.2 Å². The molecule has 0 atom stereocenters. The summed E-state index contributed by atoms with van der Waals surface area (Å²) in [6.45, 7) is 2.81. The van der Waals surface area contributed by atoms with E-state index in [1.807, 2.05) is 0 Å². The molecule has 0 radical (unpaired) electrons. The fraction of sp³-hybridized carbons (Fsp3) is 0.900. The summed E-state index contributed by atoms with van der Waals surface area (Å²) in [4.78, 5) is 23.2. The highest BCUT2D eigenvalue weighted by Gasteiger charge is 2.08. The Hall–Kier alpha value is -1.14. The summed E-state index contributed by atoms with van der Waals surface area (Å²) in [7, 11) is 0. The minimum absolute atomic E-state index is 0.0726. The van der Waals surface area contributed by atoms with Crippen molar-refractivity contribution >= 4 is 11.9 Å². The average molecular weight is 375 g/mol. The van der Waals surface area contributed by atoms with Gasteiger partial charge in [0.05, 0.1) is 26.4 Å². The largest absolute Gasteiger partial charge is 0.466 e. The molecule has 0 aliphatic carbocycles. The molecule has 0 aromatic heterocycles. The van der Waals surface area contributed by atoms with Crippen LogP contribution in [0.3, 0.4) is 0 Å². The minimum atomic E-state index is -0.125. The highest BCUT2D eigenvalue weighted by molar-refractivity contribution is 5.69. The van der Waals surface area contributed by atoms with Crippen molar-refractivity contribution in [1.29, 1.82) is 0 Å². The highest BCUT2D eigenvalue weighted by Crippen LogP contribution is 2.13. The molecule has 0 saturated carbocycles. The summed E-state index contributed by atoms with van der Waals surface area (Å²) in [5, 5.41) is 15.2. The average Bonchev–Trinajstić information content (AvgIpc) is 2.63. The van der Waals surface area contributed by atoms with Crippen molar-refractivity contribution in [3.63, 3.8) is 0 Å². The van der Waals surface area contributed by atoms with Crippen molar-refractivity contribution < 1.29 is 29.3 Å². The number of hydrogen-bond acceptors (Lipinski definition) is 6. The van der Waals surface area contributed by atoms with Crippen LogP contribution < -0.4 is 0 Å². The Morgan fingerprint density at radius 2 is 1.08 bits per heavy atom. The third-order valence-electron chi connectivity index (χ3n) is 4.36. The zero-order chi connectivity index (χ0) is 19.5. The number of carbonyl (C=O) groups is 2. The molecular weight excluding hydrogens is 336 g/mol. The van der Waals surface area contributed by atoms with Gasteiger partial charge in [0.25, 0.3) is 0 Å². The highest BCUT2D eigenvalue weighted by atomic mass is 16.5. The number of esters is 2. The van der Waals surface area contributed by atoms with Crippen LogP contribution in [0.2, 0.25) is 0 Å². The third kappa shape index (κ3) is 17.7. The van der Waals surface area contributed by atoms with Gasteiger partial charge in [0.15, 0.2) is 0 Å². The predicted octanol–water partition coefficient (Wildman–Crippen LogP) is 3.37. The van der Waals surface area contributed by atoms with E-state index >= 15 is 0 Å². The summed E-state index contributed by atoms with van der Waals surface area (Å²) in [6, 6.07) is 0. The van der Waals surface area contributed by atoms with Crippen LogP contribution in [0, 0.1) is 5.92 Å². The molecule has 1 fully saturated rings. The summed E-state index contributed by atoms with van der Waals surface area (Å²) < 4.78 is 10.5. The van der Waals surface area contributed by atoms with Crippen LogP contribution in [0.5, 0.6) is 0 Å². The molecule has 0 unspecified atom stereocenters.